The lowest BCUT2D eigenvalue weighted by molar-refractivity contribution is -0.134. The molecule has 2 rings (SSSR count). The second kappa shape index (κ2) is 7.03. The predicted molar refractivity (Wildman–Crippen MR) is 84.5 cm³/mol. The summed E-state index contributed by atoms with van der Waals surface area (Å²) in [6.45, 7) is 1.88. The van der Waals surface area contributed by atoms with Crippen LogP contribution in [-0.4, -0.2) is 10.9 Å². The Balaban J connectivity index is 2.19. The number of esters is 1. The number of ether oxygens (including phenoxy) is 1. The van der Waals surface area contributed by atoms with Crippen LogP contribution in [-0.2, 0) is 15.5 Å². The second-order valence-corrected chi connectivity index (χ2v) is 7.74. The topological polar surface area (TPSA) is 63.6 Å². The lowest BCUT2D eigenvalue weighted by Gasteiger charge is -2.12. The van der Waals surface area contributed by atoms with Gasteiger partial charge in [-0.3, -0.25) is 9.36 Å². The van der Waals surface area contributed by atoms with Gasteiger partial charge in [0.1, 0.15) is 0 Å². The molecule has 1 N–H and O–H groups in total. The summed E-state index contributed by atoms with van der Waals surface area (Å²) in [5.74, 6) is -0.374. The number of carbonyl (C=O) groups excluding carboxylic acids is 1. The van der Waals surface area contributed by atoms with E-state index in [-0.39, 0.29) is 22.5 Å². The summed E-state index contributed by atoms with van der Waals surface area (Å²) in [4.78, 5) is 21.9. The van der Waals surface area contributed by atoms with Crippen LogP contribution in [0.5, 0.6) is 5.06 Å². The molecule has 0 aliphatic carbocycles. The van der Waals surface area contributed by atoms with Crippen LogP contribution in [0.2, 0.25) is 0 Å². The van der Waals surface area contributed by atoms with Crippen LogP contribution in [0.4, 0.5) is 0 Å². The molecule has 0 bridgehead atoms. The van der Waals surface area contributed by atoms with E-state index < -0.39 is 7.37 Å². The minimum atomic E-state index is -3.60. The molecule has 1 unspecified atom stereocenters. The van der Waals surface area contributed by atoms with E-state index >= 15 is 0 Å². The predicted octanol–water partition coefficient (Wildman–Crippen LogP) is 3.55. The molecule has 0 saturated heterocycles. The summed E-state index contributed by atoms with van der Waals surface area (Å²) in [5, 5.41) is 2.12. The molecule has 2 aromatic rings. The molecule has 1 aromatic heterocycles. The van der Waals surface area contributed by atoms with Gasteiger partial charge in [0.2, 0.25) is 7.37 Å². The largest absolute Gasteiger partial charge is 0.414 e. The van der Waals surface area contributed by atoms with Crippen LogP contribution in [0.3, 0.4) is 0 Å². The molecular weight excluding hydrogens is 307 g/mol. The highest BCUT2D eigenvalue weighted by molar-refractivity contribution is 7.66. The van der Waals surface area contributed by atoms with Gasteiger partial charge < -0.3 is 9.63 Å². The molecule has 1 heterocycles. The Kier molecular flexibility index (Phi) is 5.34. The highest BCUT2D eigenvalue weighted by atomic mass is 32.1. The first-order valence-electron chi connectivity index (χ1n) is 6.67. The van der Waals surface area contributed by atoms with Crippen molar-refractivity contribution in [2.75, 3.05) is 0 Å². The maximum absolute atomic E-state index is 12.6. The summed E-state index contributed by atoms with van der Waals surface area (Å²) < 4.78 is 17.8. The quantitative estimate of drug-likeness (QED) is 0.652. The third-order valence-corrected chi connectivity index (χ3v) is 5.73. The van der Waals surface area contributed by atoms with Gasteiger partial charge in [0.05, 0.1) is 11.5 Å². The first-order chi connectivity index (χ1) is 10.0. The van der Waals surface area contributed by atoms with Crippen molar-refractivity contribution in [2.24, 2.45) is 0 Å². The minimum Gasteiger partial charge on any atom is -0.414 e. The van der Waals surface area contributed by atoms with Crippen molar-refractivity contribution in [2.45, 2.75) is 25.9 Å². The molecule has 0 aliphatic rings. The van der Waals surface area contributed by atoms with E-state index in [1.165, 1.54) is 11.3 Å². The van der Waals surface area contributed by atoms with Crippen molar-refractivity contribution in [1.29, 1.82) is 0 Å². The highest BCUT2D eigenvalue weighted by Gasteiger charge is 2.28. The van der Waals surface area contributed by atoms with E-state index in [1.54, 1.807) is 23.6 Å². The third kappa shape index (κ3) is 4.27. The maximum Gasteiger partial charge on any atom is 0.311 e. The molecule has 0 radical (unpaired) electrons. The molecule has 6 heteroatoms. The smallest absolute Gasteiger partial charge is 0.311 e. The fourth-order valence-corrected chi connectivity index (χ4v) is 4.76. The van der Waals surface area contributed by atoms with Gasteiger partial charge in [0.15, 0.2) is 5.06 Å². The van der Waals surface area contributed by atoms with E-state index in [0.717, 1.165) is 5.56 Å². The lowest BCUT2D eigenvalue weighted by Crippen LogP contribution is -2.13. The zero-order valence-electron chi connectivity index (χ0n) is 11.7. The summed E-state index contributed by atoms with van der Waals surface area (Å²) in [5.41, 5.74) is 0.778. The highest BCUT2D eigenvalue weighted by Crippen LogP contribution is 2.47. The molecule has 0 spiro atoms. The zero-order chi connectivity index (χ0) is 15.3. The van der Waals surface area contributed by atoms with Crippen LogP contribution in [0.1, 0.15) is 25.3 Å². The Morgan fingerprint density at radius 1 is 1.29 bits per heavy atom. The van der Waals surface area contributed by atoms with Gasteiger partial charge >= 0.3 is 5.97 Å². The van der Waals surface area contributed by atoms with E-state index in [0.29, 0.717) is 12.8 Å². The van der Waals surface area contributed by atoms with Gasteiger partial charge in [-0.25, -0.2) is 0 Å². The molecule has 21 heavy (non-hydrogen) atoms. The van der Waals surface area contributed by atoms with E-state index in [9.17, 15) is 14.3 Å². The summed E-state index contributed by atoms with van der Waals surface area (Å²) in [6, 6.07) is 10.7. The fraction of sp³-hybridized carbons (Fsp3) is 0.267. The van der Waals surface area contributed by atoms with Crippen molar-refractivity contribution in [3.05, 3.63) is 47.3 Å². The Morgan fingerprint density at radius 2 is 2.00 bits per heavy atom. The van der Waals surface area contributed by atoms with Crippen molar-refractivity contribution in [3.63, 3.8) is 0 Å². The molecule has 0 aliphatic heterocycles. The molecule has 112 valence electrons. The van der Waals surface area contributed by atoms with Crippen molar-refractivity contribution >= 4 is 30.0 Å². The molecule has 1 aromatic carbocycles. The first-order valence-corrected chi connectivity index (χ1v) is 9.40. The van der Waals surface area contributed by atoms with Gasteiger partial charge in [-0.2, -0.15) is 0 Å². The molecular formula is C15H17O4PS. The Bertz CT molecular complexity index is 651. The molecule has 0 fully saturated rings. The first kappa shape index (κ1) is 16.0. The van der Waals surface area contributed by atoms with E-state index in [2.05, 4.69) is 0 Å². The van der Waals surface area contributed by atoms with Gasteiger partial charge in [0.25, 0.3) is 0 Å². The Hall–Kier alpha value is -1.42. The van der Waals surface area contributed by atoms with Gasteiger partial charge in [-0.05, 0) is 23.4 Å². The number of carbonyl (C=O) groups is 1. The average Bonchev–Trinajstić information content (AvgIpc) is 2.88. The monoisotopic (exact) mass is 324 g/mol. The standard InChI is InChI=1S/C15H17O4PS/c1-2-6-14(16)19-15-13(9-10-21-15)20(17,18)11-12-7-4-3-5-8-12/h3-5,7-10H,2,6,11H2,1H3,(H,17,18). The number of hydrogen-bond acceptors (Lipinski definition) is 4. The summed E-state index contributed by atoms with van der Waals surface area (Å²) in [7, 11) is -3.60. The van der Waals surface area contributed by atoms with Crippen LogP contribution >= 0.6 is 18.7 Å². The van der Waals surface area contributed by atoms with E-state index in [1.807, 2.05) is 25.1 Å². The number of hydrogen-bond donors (Lipinski definition) is 1. The molecule has 0 saturated carbocycles. The third-order valence-electron chi connectivity index (χ3n) is 2.89. The van der Waals surface area contributed by atoms with Crippen molar-refractivity contribution in [3.8, 4) is 5.06 Å². The molecule has 1 atom stereocenters. The Labute approximate surface area is 127 Å². The van der Waals surface area contributed by atoms with Crippen LogP contribution in [0.15, 0.2) is 41.8 Å². The van der Waals surface area contributed by atoms with Crippen LogP contribution in [0.25, 0.3) is 0 Å². The minimum absolute atomic E-state index is 0.0307. The molecule has 4 nitrogen and oxygen atoms in total. The van der Waals surface area contributed by atoms with Gasteiger partial charge in [0, 0.05) is 6.42 Å². The summed E-state index contributed by atoms with van der Waals surface area (Å²) in [6.07, 6.45) is 1.01. The van der Waals surface area contributed by atoms with Crippen molar-refractivity contribution in [1.82, 2.24) is 0 Å². The van der Waals surface area contributed by atoms with Crippen molar-refractivity contribution < 1.29 is 19.0 Å². The number of rotatable bonds is 6. The number of thiophene rings is 1. The van der Waals surface area contributed by atoms with Gasteiger partial charge in [-0.15, -0.1) is 11.3 Å². The Morgan fingerprint density at radius 3 is 2.67 bits per heavy atom. The summed E-state index contributed by atoms with van der Waals surface area (Å²) >= 11 is 1.17. The second-order valence-electron chi connectivity index (χ2n) is 4.66. The fourth-order valence-electron chi connectivity index (χ4n) is 1.90. The average molecular weight is 324 g/mol. The van der Waals surface area contributed by atoms with Crippen LogP contribution in [0, 0.1) is 0 Å². The molecule has 0 amide bonds. The SMILES string of the molecule is CCCC(=O)Oc1sccc1P(=O)(O)Cc1ccccc1. The van der Waals surface area contributed by atoms with Crippen LogP contribution < -0.4 is 10.0 Å². The normalized spacial score (nSPS) is 13.6. The zero-order valence-corrected chi connectivity index (χ0v) is 13.4. The number of benzene rings is 1. The lowest BCUT2D eigenvalue weighted by atomic mass is 10.2. The maximum atomic E-state index is 12.6. The van der Waals surface area contributed by atoms with Gasteiger partial charge in [-0.1, -0.05) is 37.3 Å². The van der Waals surface area contributed by atoms with E-state index in [4.69, 9.17) is 4.74 Å².